The number of aromatic nitrogens is 1. The van der Waals surface area contributed by atoms with Crippen LogP contribution in [0.1, 0.15) is 54.5 Å². The molecule has 0 spiro atoms. The maximum Gasteiger partial charge on any atom is 0.127 e. The number of aryl methyl sites for hydroxylation is 1. The zero-order valence-electron chi connectivity index (χ0n) is 17.4. The second-order valence-corrected chi connectivity index (χ2v) is 8.40. The summed E-state index contributed by atoms with van der Waals surface area (Å²) in [6, 6.07) is 20.8. The first-order valence-corrected chi connectivity index (χ1v) is 10.9. The Bertz CT molecular complexity index is 924. The van der Waals surface area contributed by atoms with Gasteiger partial charge in [-0.2, -0.15) is 0 Å². The molecular weight excluding hydrogens is 359 g/mol. The largest absolute Gasteiger partial charge is 0.346 e. The Balaban J connectivity index is 1.54. The van der Waals surface area contributed by atoms with E-state index in [0.717, 1.165) is 18.7 Å². The smallest absolute Gasteiger partial charge is 0.127 e. The first kappa shape index (κ1) is 19.9. The van der Waals surface area contributed by atoms with Crippen molar-refractivity contribution in [2.24, 2.45) is 0 Å². The van der Waals surface area contributed by atoms with Gasteiger partial charge in [-0.1, -0.05) is 67.3 Å². The molecule has 0 aliphatic heterocycles. The summed E-state index contributed by atoms with van der Waals surface area (Å²) in [7, 11) is 0. The normalized spacial score (nSPS) is 15.1. The predicted octanol–water partition coefficient (Wildman–Crippen LogP) is 6.32. The van der Waals surface area contributed by atoms with Crippen LogP contribution in [0.4, 0.5) is 4.39 Å². The lowest BCUT2D eigenvalue weighted by Crippen LogP contribution is -2.36. The Morgan fingerprint density at radius 2 is 1.76 bits per heavy atom. The maximum absolute atomic E-state index is 14.4. The molecule has 1 heterocycles. The van der Waals surface area contributed by atoms with E-state index < -0.39 is 0 Å². The molecule has 0 saturated heterocycles. The van der Waals surface area contributed by atoms with Gasteiger partial charge in [-0.15, -0.1) is 0 Å². The summed E-state index contributed by atoms with van der Waals surface area (Å²) in [5.41, 5.74) is 4.71. The highest BCUT2D eigenvalue weighted by atomic mass is 19.1. The van der Waals surface area contributed by atoms with Crippen molar-refractivity contribution in [2.75, 3.05) is 0 Å². The van der Waals surface area contributed by atoms with E-state index in [4.69, 9.17) is 0 Å². The summed E-state index contributed by atoms with van der Waals surface area (Å²) in [6.45, 7) is 4.55. The summed E-state index contributed by atoms with van der Waals surface area (Å²) >= 11 is 0. The van der Waals surface area contributed by atoms with Gasteiger partial charge in [-0.05, 0) is 43.5 Å². The first-order valence-electron chi connectivity index (χ1n) is 10.9. The van der Waals surface area contributed by atoms with Crippen molar-refractivity contribution < 1.29 is 4.39 Å². The van der Waals surface area contributed by atoms with Gasteiger partial charge in [0.05, 0.1) is 0 Å². The van der Waals surface area contributed by atoms with Gasteiger partial charge in [0.2, 0.25) is 0 Å². The molecule has 1 aliphatic rings. The molecule has 0 N–H and O–H groups in total. The van der Waals surface area contributed by atoms with Crippen LogP contribution in [-0.2, 0) is 19.6 Å². The van der Waals surface area contributed by atoms with Crippen LogP contribution in [0.5, 0.6) is 0 Å². The van der Waals surface area contributed by atoms with E-state index in [-0.39, 0.29) is 5.82 Å². The van der Waals surface area contributed by atoms with Crippen molar-refractivity contribution in [3.63, 3.8) is 0 Å². The Kier molecular flexibility index (Phi) is 6.46. The minimum Gasteiger partial charge on any atom is -0.346 e. The summed E-state index contributed by atoms with van der Waals surface area (Å²) in [5, 5.41) is 0. The van der Waals surface area contributed by atoms with Crippen molar-refractivity contribution in [2.45, 2.75) is 64.7 Å². The van der Waals surface area contributed by atoms with Gasteiger partial charge in [-0.25, -0.2) is 4.39 Å². The van der Waals surface area contributed by atoms with Crippen LogP contribution < -0.4 is 0 Å². The third-order valence-corrected chi connectivity index (χ3v) is 6.15. The van der Waals surface area contributed by atoms with E-state index in [1.54, 1.807) is 12.1 Å². The summed E-state index contributed by atoms with van der Waals surface area (Å²) in [5.74, 6) is -0.0940. The molecule has 0 unspecified atom stereocenters. The third-order valence-electron chi connectivity index (χ3n) is 6.15. The van der Waals surface area contributed by atoms with E-state index in [2.05, 4.69) is 59.0 Å². The fourth-order valence-corrected chi connectivity index (χ4v) is 4.57. The standard InChI is InChI=1S/C26H31FN2/c1-21-9-7-10-22(17-21)18-28-16-8-14-25(28)20-29(24-12-3-2-4-13-24)19-23-11-5-6-15-26(23)27/h5-11,14-17,24H,2-4,12-13,18-20H2,1H3. The average molecular weight is 391 g/mol. The predicted molar refractivity (Wildman–Crippen MR) is 117 cm³/mol. The SMILES string of the molecule is Cc1cccc(Cn2cccc2CN(Cc2ccccc2F)C2CCCCC2)c1. The number of halogens is 1. The van der Waals surface area contributed by atoms with Gasteiger partial charge in [0.25, 0.3) is 0 Å². The van der Waals surface area contributed by atoms with Crippen LogP contribution in [-0.4, -0.2) is 15.5 Å². The molecule has 3 heteroatoms. The fraction of sp³-hybridized carbons (Fsp3) is 0.385. The van der Waals surface area contributed by atoms with Crippen molar-refractivity contribution in [1.29, 1.82) is 0 Å². The quantitative estimate of drug-likeness (QED) is 0.458. The molecule has 4 rings (SSSR count). The van der Waals surface area contributed by atoms with Crippen LogP contribution in [0.25, 0.3) is 0 Å². The highest BCUT2D eigenvalue weighted by Crippen LogP contribution is 2.26. The monoisotopic (exact) mass is 390 g/mol. The fourth-order valence-electron chi connectivity index (χ4n) is 4.57. The first-order chi connectivity index (χ1) is 14.2. The molecule has 0 bridgehead atoms. The van der Waals surface area contributed by atoms with E-state index in [0.29, 0.717) is 12.6 Å². The molecule has 1 fully saturated rings. The van der Waals surface area contributed by atoms with Crippen LogP contribution in [0.2, 0.25) is 0 Å². The number of hydrogen-bond acceptors (Lipinski definition) is 1. The van der Waals surface area contributed by atoms with Gasteiger partial charge in [0.1, 0.15) is 5.82 Å². The zero-order chi connectivity index (χ0) is 20.1. The van der Waals surface area contributed by atoms with Gasteiger partial charge < -0.3 is 4.57 Å². The van der Waals surface area contributed by atoms with Gasteiger partial charge in [0, 0.05) is 43.1 Å². The van der Waals surface area contributed by atoms with Gasteiger partial charge >= 0.3 is 0 Å². The van der Waals surface area contributed by atoms with Crippen LogP contribution in [0.15, 0.2) is 66.9 Å². The van der Waals surface area contributed by atoms with Gasteiger partial charge in [-0.3, -0.25) is 4.90 Å². The number of hydrogen-bond donors (Lipinski definition) is 0. The number of nitrogens with zero attached hydrogens (tertiary/aromatic N) is 2. The molecule has 152 valence electrons. The Hall–Kier alpha value is -2.39. The summed E-state index contributed by atoms with van der Waals surface area (Å²) in [4.78, 5) is 2.50. The van der Waals surface area contributed by atoms with E-state index in [9.17, 15) is 4.39 Å². The highest BCUT2D eigenvalue weighted by Gasteiger charge is 2.23. The van der Waals surface area contributed by atoms with E-state index >= 15 is 0 Å². The van der Waals surface area contributed by atoms with Crippen molar-refractivity contribution in [3.05, 3.63) is 95.1 Å². The molecule has 1 saturated carbocycles. The number of rotatable bonds is 7. The van der Waals surface area contributed by atoms with Crippen molar-refractivity contribution >= 4 is 0 Å². The zero-order valence-corrected chi connectivity index (χ0v) is 17.4. The molecule has 0 atom stereocenters. The Labute approximate surface area is 174 Å². The molecule has 0 amide bonds. The molecular formula is C26H31FN2. The molecule has 0 radical (unpaired) electrons. The summed E-state index contributed by atoms with van der Waals surface area (Å²) < 4.78 is 16.7. The molecule has 2 nitrogen and oxygen atoms in total. The molecule has 1 aliphatic carbocycles. The molecule has 3 aromatic rings. The lowest BCUT2D eigenvalue weighted by molar-refractivity contribution is 0.135. The van der Waals surface area contributed by atoms with Crippen molar-refractivity contribution in [1.82, 2.24) is 9.47 Å². The van der Waals surface area contributed by atoms with Crippen molar-refractivity contribution in [3.8, 4) is 0 Å². The minimum atomic E-state index is -0.0940. The second-order valence-electron chi connectivity index (χ2n) is 8.40. The van der Waals surface area contributed by atoms with Crippen LogP contribution in [0.3, 0.4) is 0 Å². The minimum absolute atomic E-state index is 0.0940. The highest BCUT2D eigenvalue weighted by molar-refractivity contribution is 5.24. The molecule has 1 aromatic heterocycles. The molecule has 29 heavy (non-hydrogen) atoms. The third kappa shape index (κ3) is 5.16. The van der Waals surface area contributed by atoms with Gasteiger partial charge in [0.15, 0.2) is 0 Å². The average Bonchev–Trinajstić information content (AvgIpc) is 3.16. The summed E-state index contributed by atoms with van der Waals surface area (Å²) in [6.07, 6.45) is 8.49. The maximum atomic E-state index is 14.4. The number of benzene rings is 2. The van der Waals surface area contributed by atoms with E-state index in [1.165, 1.54) is 48.9 Å². The topological polar surface area (TPSA) is 8.17 Å². The lowest BCUT2D eigenvalue weighted by Gasteiger charge is -2.34. The Morgan fingerprint density at radius 1 is 0.931 bits per heavy atom. The van der Waals surface area contributed by atoms with Crippen LogP contribution in [0, 0.1) is 12.7 Å². The van der Waals surface area contributed by atoms with E-state index in [1.807, 2.05) is 12.1 Å². The molecule has 2 aromatic carbocycles. The lowest BCUT2D eigenvalue weighted by atomic mass is 9.93. The van der Waals surface area contributed by atoms with Crippen LogP contribution >= 0.6 is 0 Å². The second kappa shape index (κ2) is 9.41. The Morgan fingerprint density at radius 3 is 2.55 bits per heavy atom.